The number of rotatable bonds is 4. The monoisotopic (exact) mass is 348 g/mol. The van der Waals surface area contributed by atoms with Crippen molar-refractivity contribution in [3.8, 4) is 0 Å². The molecular weight excluding hydrogens is 339 g/mol. The number of hydrogen-bond donors (Lipinski definition) is 0. The maximum absolute atomic E-state index is 13.1. The second kappa shape index (κ2) is 5.99. The average Bonchev–Trinajstić information content (AvgIpc) is 2.74. The number of halogens is 3. The zero-order chi connectivity index (χ0) is 13.1. The third kappa shape index (κ3) is 3.22. The molecular formula is C12H11BrClFN2S. The summed E-state index contributed by atoms with van der Waals surface area (Å²) in [7, 11) is 1.92. The van der Waals surface area contributed by atoms with E-state index in [4.69, 9.17) is 11.6 Å². The van der Waals surface area contributed by atoms with Gasteiger partial charge in [0.1, 0.15) is 11.6 Å². The summed E-state index contributed by atoms with van der Waals surface area (Å²) in [6.07, 6.45) is 1.21. The second-order valence-corrected chi connectivity index (χ2v) is 6.04. The van der Waals surface area contributed by atoms with Gasteiger partial charge in [0, 0.05) is 27.3 Å². The molecule has 0 saturated heterocycles. The molecule has 0 N–H and O–H groups in total. The quantitative estimate of drug-likeness (QED) is 0.760. The van der Waals surface area contributed by atoms with E-state index in [1.807, 2.05) is 17.3 Å². The highest BCUT2D eigenvalue weighted by atomic mass is 79.9. The number of pyridine rings is 1. The Morgan fingerprint density at radius 3 is 2.89 bits per heavy atom. The van der Waals surface area contributed by atoms with E-state index < -0.39 is 0 Å². The summed E-state index contributed by atoms with van der Waals surface area (Å²) in [6, 6.07) is 3.49. The minimum absolute atomic E-state index is 0.249. The minimum atomic E-state index is -0.360. The smallest absolute Gasteiger partial charge is 0.141 e. The largest absolute Gasteiger partial charge is 0.354 e. The van der Waals surface area contributed by atoms with Gasteiger partial charge in [-0.3, -0.25) is 0 Å². The topological polar surface area (TPSA) is 16.1 Å². The zero-order valence-corrected chi connectivity index (χ0v) is 12.8. The molecule has 0 aliphatic heterocycles. The molecule has 0 atom stereocenters. The molecule has 2 rings (SSSR count). The summed E-state index contributed by atoms with van der Waals surface area (Å²) >= 11 is 10.9. The van der Waals surface area contributed by atoms with E-state index in [1.165, 1.54) is 17.1 Å². The Balaban J connectivity index is 2.20. The Hall–Kier alpha value is -0.650. The Labute approximate surface area is 123 Å². The molecule has 0 unspecified atom stereocenters. The lowest BCUT2D eigenvalue weighted by Crippen LogP contribution is -2.18. The van der Waals surface area contributed by atoms with E-state index in [9.17, 15) is 4.39 Å². The van der Waals surface area contributed by atoms with Crippen molar-refractivity contribution < 1.29 is 4.39 Å². The Bertz CT molecular complexity index is 547. The van der Waals surface area contributed by atoms with E-state index in [0.29, 0.717) is 5.56 Å². The zero-order valence-electron chi connectivity index (χ0n) is 9.66. The van der Waals surface area contributed by atoms with Crippen molar-refractivity contribution in [1.82, 2.24) is 4.98 Å². The lowest BCUT2D eigenvalue weighted by atomic mass is 10.2. The summed E-state index contributed by atoms with van der Waals surface area (Å²) in [6.45, 7) is 0.721. The summed E-state index contributed by atoms with van der Waals surface area (Å²) in [4.78, 5) is 7.28. The number of alkyl halides is 1. The molecule has 0 saturated carbocycles. The molecule has 0 fully saturated rings. The fourth-order valence-electron chi connectivity index (χ4n) is 1.66. The van der Waals surface area contributed by atoms with Crippen LogP contribution in [-0.2, 0) is 12.4 Å². The number of aromatic nitrogens is 1. The molecule has 0 amide bonds. The molecule has 0 radical (unpaired) electrons. The number of hydrogen-bond acceptors (Lipinski definition) is 3. The highest BCUT2D eigenvalue weighted by molar-refractivity contribution is 9.10. The molecule has 2 heterocycles. The van der Waals surface area contributed by atoms with E-state index >= 15 is 0 Å². The van der Waals surface area contributed by atoms with Gasteiger partial charge in [-0.05, 0) is 28.1 Å². The van der Waals surface area contributed by atoms with Gasteiger partial charge < -0.3 is 4.90 Å². The molecule has 0 bridgehead atoms. The molecule has 0 aliphatic rings. The fourth-order valence-corrected chi connectivity index (χ4v) is 3.36. The molecule has 2 aromatic rings. The van der Waals surface area contributed by atoms with Crippen LogP contribution in [0.5, 0.6) is 0 Å². The van der Waals surface area contributed by atoms with E-state index in [2.05, 4.69) is 27.0 Å². The van der Waals surface area contributed by atoms with Crippen molar-refractivity contribution in [2.45, 2.75) is 12.4 Å². The molecule has 96 valence electrons. The van der Waals surface area contributed by atoms with Gasteiger partial charge in [-0.2, -0.15) is 0 Å². The van der Waals surface area contributed by atoms with Gasteiger partial charge in [0.05, 0.1) is 18.6 Å². The lowest BCUT2D eigenvalue weighted by Gasteiger charge is -2.19. The molecule has 18 heavy (non-hydrogen) atoms. The molecule has 2 aromatic heterocycles. The molecule has 6 heteroatoms. The summed E-state index contributed by atoms with van der Waals surface area (Å²) < 4.78 is 14.2. The standard InChI is InChI=1S/C12H11BrClFN2S/c1-17(6-11-3-9(13)7-18-11)12-8(4-14)2-10(15)5-16-12/h2-3,5,7H,4,6H2,1H3. The number of nitrogens with zero attached hydrogens (tertiary/aromatic N) is 2. The van der Waals surface area contributed by atoms with Crippen LogP contribution < -0.4 is 4.90 Å². The van der Waals surface area contributed by atoms with E-state index in [1.54, 1.807) is 11.3 Å². The predicted molar refractivity (Wildman–Crippen MR) is 77.9 cm³/mol. The summed E-state index contributed by atoms with van der Waals surface area (Å²) in [5, 5.41) is 2.03. The summed E-state index contributed by atoms with van der Waals surface area (Å²) in [5.74, 6) is 0.607. The van der Waals surface area contributed by atoms with Crippen LogP contribution >= 0.6 is 38.9 Å². The van der Waals surface area contributed by atoms with Crippen LogP contribution in [0.15, 0.2) is 28.2 Å². The van der Waals surface area contributed by atoms with Crippen LogP contribution in [0.3, 0.4) is 0 Å². The van der Waals surface area contributed by atoms with Gasteiger partial charge in [0.2, 0.25) is 0 Å². The van der Waals surface area contributed by atoms with Gasteiger partial charge in [-0.15, -0.1) is 22.9 Å². The van der Waals surface area contributed by atoms with Crippen LogP contribution in [-0.4, -0.2) is 12.0 Å². The molecule has 2 nitrogen and oxygen atoms in total. The van der Waals surface area contributed by atoms with Crippen molar-refractivity contribution in [2.75, 3.05) is 11.9 Å². The van der Waals surface area contributed by atoms with Crippen LogP contribution in [0.1, 0.15) is 10.4 Å². The maximum Gasteiger partial charge on any atom is 0.141 e. The maximum atomic E-state index is 13.1. The fraction of sp³-hybridized carbons (Fsp3) is 0.250. The lowest BCUT2D eigenvalue weighted by molar-refractivity contribution is 0.619. The third-order valence-corrected chi connectivity index (χ3v) is 4.40. The van der Waals surface area contributed by atoms with Crippen LogP contribution in [0.2, 0.25) is 0 Å². The molecule has 0 spiro atoms. The first kappa shape index (κ1) is 13.8. The second-order valence-electron chi connectivity index (χ2n) is 3.86. The minimum Gasteiger partial charge on any atom is -0.354 e. The van der Waals surface area contributed by atoms with Crippen molar-refractivity contribution >= 4 is 44.7 Å². The Kier molecular flexibility index (Phi) is 4.59. The van der Waals surface area contributed by atoms with E-state index in [-0.39, 0.29) is 11.7 Å². The Morgan fingerprint density at radius 1 is 1.50 bits per heavy atom. The third-order valence-electron chi connectivity index (χ3n) is 2.43. The van der Waals surface area contributed by atoms with Crippen LogP contribution in [0, 0.1) is 5.82 Å². The number of thiophene rings is 1. The van der Waals surface area contributed by atoms with Crippen LogP contribution in [0.25, 0.3) is 0 Å². The van der Waals surface area contributed by atoms with Crippen molar-refractivity contribution in [2.24, 2.45) is 0 Å². The van der Waals surface area contributed by atoms with Gasteiger partial charge in [0.25, 0.3) is 0 Å². The van der Waals surface area contributed by atoms with Crippen molar-refractivity contribution in [3.63, 3.8) is 0 Å². The molecule has 0 aromatic carbocycles. The highest BCUT2D eigenvalue weighted by Gasteiger charge is 2.11. The van der Waals surface area contributed by atoms with Crippen LogP contribution in [0.4, 0.5) is 10.2 Å². The first-order chi connectivity index (χ1) is 8.60. The number of anilines is 1. The van der Waals surface area contributed by atoms with Crippen molar-refractivity contribution in [1.29, 1.82) is 0 Å². The predicted octanol–water partition coefficient (Wildman–Crippen LogP) is 4.42. The SMILES string of the molecule is CN(Cc1cc(Br)cs1)c1ncc(F)cc1CCl. The van der Waals surface area contributed by atoms with Crippen molar-refractivity contribution in [3.05, 3.63) is 44.4 Å². The van der Waals surface area contributed by atoms with Gasteiger partial charge in [-0.25, -0.2) is 9.37 Å². The molecule has 0 aliphatic carbocycles. The Morgan fingerprint density at radius 2 is 2.28 bits per heavy atom. The first-order valence-corrected chi connectivity index (χ1v) is 7.45. The van der Waals surface area contributed by atoms with Gasteiger partial charge in [-0.1, -0.05) is 0 Å². The highest BCUT2D eigenvalue weighted by Crippen LogP contribution is 2.25. The van der Waals surface area contributed by atoms with Gasteiger partial charge in [0.15, 0.2) is 0 Å². The van der Waals surface area contributed by atoms with Gasteiger partial charge >= 0.3 is 0 Å². The van der Waals surface area contributed by atoms with E-state index in [0.717, 1.165) is 16.8 Å². The average molecular weight is 350 g/mol. The summed E-state index contributed by atoms with van der Waals surface area (Å²) in [5.41, 5.74) is 0.704. The first-order valence-electron chi connectivity index (χ1n) is 5.24. The normalized spacial score (nSPS) is 10.7.